The van der Waals surface area contributed by atoms with E-state index in [1.165, 1.54) is 11.3 Å². The molecule has 1 unspecified atom stereocenters. The van der Waals surface area contributed by atoms with Crippen LogP contribution in [0.3, 0.4) is 0 Å². The van der Waals surface area contributed by atoms with Crippen molar-refractivity contribution >= 4 is 16.8 Å². The number of anilines is 1. The third kappa shape index (κ3) is 4.17. The molecule has 3 aromatic rings. The van der Waals surface area contributed by atoms with Gasteiger partial charge in [0.15, 0.2) is 5.58 Å². The van der Waals surface area contributed by atoms with Gasteiger partial charge in [0.1, 0.15) is 5.75 Å². The Morgan fingerprint density at radius 1 is 1.10 bits per heavy atom. The number of aryl methyl sites for hydroxylation is 1. The summed E-state index contributed by atoms with van der Waals surface area (Å²) >= 11 is 0. The van der Waals surface area contributed by atoms with E-state index in [0.717, 1.165) is 50.4 Å². The first-order valence-corrected chi connectivity index (χ1v) is 10.2. The molecule has 0 aliphatic carbocycles. The minimum atomic E-state index is -0.307. The van der Waals surface area contributed by atoms with E-state index < -0.39 is 0 Å². The number of hydrogen-bond acceptors (Lipinski definition) is 5. The lowest BCUT2D eigenvalue weighted by Crippen LogP contribution is -2.47. The largest absolute Gasteiger partial charge is 0.495 e. The number of benzene rings is 2. The lowest BCUT2D eigenvalue weighted by molar-refractivity contribution is 0.224. The molecule has 154 valence electrons. The number of rotatable bonds is 6. The minimum absolute atomic E-state index is 0.307. The Balaban J connectivity index is 1.33. The Kier molecular flexibility index (Phi) is 5.62. The van der Waals surface area contributed by atoms with E-state index in [4.69, 9.17) is 9.15 Å². The number of oxazole rings is 1. The van der Waals surface area contributed by atoms with E-state index >= 15 is 0 Å². The van der Waals surface area contributed by atoms with Gasteiger partial charge in [0.05, 0.1) is 18.3 Å². The van der Waals surface area contributed by atoms with Crippen LogP contribution < -0.4 is 15.4 Å². The van der Waals surface area contributed by atoms with E-state index in [0.29, 0.717) is 11.5 Å². The van der Waals surface area contributed by atoms with Gasteiger partial charge < -0.3 is 14.1 Å². The van der Waals surface area contributed by atoms with Gasteiger partial charge in [-0.2, -0.15) is 0 Å². The molecule has 29 heavy (non-hydrogen) atoms. The van der Waals surface area contributed by atoms with E-state index in [9.17, 15) is 4.79 Å². The fourth-order valence-corrected chi connectivity index (χ4v) is 4.28. The molecule has 1 aliphatic rings. The maximum atomic E-state index is 11.7. The fourth-order valence-electron chi connectivity index (χ4n) is 4.28. The van der Waals surface area contributed by atoms with Crippen LogP contribution in [0.4, 0.5) is 5.69 Å². The molecule has 1 saturated heterocycles. The SMILES string of the molecule is COc1ccccc1N1CCN(CC(C)Cc2ccc3c(c2)oc(=O)n3C)CC1. The zero-order chi connectivity index (χ0) is 20.4. The van der Waals surface area contributed by atoms with E-state index in [1.54, 1.807) is 18.7 Å². The molecule has 1 fully saturated rings. The first-order valence-electron chi connectivity index (χ1n) is 10.2. The summed E-state index contributed by atoms with van der Waals surface area (Å²) in [5.74, 6) is 1.16. The van der Waals surface area contributed by atoms with Crippen LogP contribution in [-0.4, -0.2) is 49.3 Å². The van der Waals surface area contributed by atoms with Crippen molar-refractivity contribution in [2.24, 2.45) is 13.0 Å². The molecule has 0 amide bonds. The maximum Gasteiger partial charge on any atom is 0.419 e. The number of piperazine rings is 1. The molecule has 0 saturated carbocycles. The Hall–Kier alpha value is -2.73. The van der Waals surface area contributed by atoms with E-state index in [-0.39, 0.29) is 5.76 Å². The van der Waals surface area contributed by atoms with Crippen LogP contribution >= 0.6 is 0 Å². The Labute approximate surface area is 171 Å². The van der Waals surface area contributed by atoms with Crippen LogP contribution in [0.2, 0.25) is 0 Å². The molecule has 0 N–H and O–H groups in total. The number of methoxy groups -OCH3 is 1. The van der Waals surface area contributed by atoms with Gasteiger partial charge in [-0.25, -0.2) is 4.79 Å². The molecule has 1 aromatic heterocycles. The van der Waals surface area contributed by atoms with Crippen LogP contribution in [0.15, 0.2) is 51.7 Å². The molecule has 6 nitrogen and oxygen atoms in total. The van der Waals surface area contributed by atoms with Crippen LogP contribution in [0.1, 0.15) is 12.5 Å². The highest BCUT2D eigenvalue weighted by atomic mass is 16.5. The molecule has 0 radical (unpaired) electrons. The van der Waals surface area contributed by atoms with Crippen molar-refractivity contribution < 1.29 is 9.15 Å². The van der Waals surface area contributed by atoms with Crippen molar-refractivity contribution in [2.45, 2.75) is 13.3 Å². The highest BCUT2D eigenvalue weighted by Crippen LogP contribution is 2.28. The summed E-state index contributed by atoms with van der Waals surface area (Å²) in [6, 6.07) is 14.3. The number of para-hydroxylation sites is 2. The van der Waals surface area contributed by atoms with Gasteiger partial charge in [0.2, 0.25) is 0 Å². The smallest absolute Gasteiger partial charge is 0.419 e. The third-order valence-corrected chi connectivity index (χ3v) is 5.81. The average Bonchev–Trinajstić information content (AvgIpc) is 3.01. The minimum Gasteiger partial charge on any atom is -0.495 e. The molecule has 2 heterocycles. The molecule has 0 spiro atoms. The third-order valence-electron chi connectivity index (χ3n) is 5.81. The second kappa shape index (κ2) is 8.33. The van der Waals surface area contributed by atoms with E-state index in [1.807, 2.05) is 24.3 Å². The number of ether oxygens (including phenoxy) is 1. The normalized spacial score (nSPS) is 16.3. The Bertz CT molecular complexity index is 1030. The zero-order valence-electron chi connectivity index (χ0n) is 17.4. The molecular formula is C23H29N3O3. The van der Waals surface area contributed by atoms with E-state index in [2.05, 4.69) is 34.9 Å². The molecule has 1 atom stereocenters. The van der Waals surface area contributed by atoms with Crippen LogP contribution in [0, 0.1) is 5.92 Å². The summed E-state index contributed by atoms with van der Waals surface area (Å²) in [6.07, 6.45) is 0.973. The number of nitrogens with zero attached hydrogens (tertiary/aromatic N) is 3. The number of fused-ring (bicyclic) bond motifs is 1. The first kappa shape index (κ1) is 19.6. The molecular weight excluding hydrogens is 366 g/mol. The second-order valence-corrected chi connectivity index (χ2v) is 8.00. The van der Waals surface area contributed by atoms with Gasteiger partial charge >= 0.3 is 5.76 Å². The highest BCUT2D eigenvalue weighted by Gasteiger charge is 2.21. The topological polar surface area (TPSA) is 50.9 Å². The average molecular weight is 396 g/mol. The summed E-state index contributed by atoms with van der Waals surface area (Å²) in [4.78, 5) is 16.6. The molecule has 1 aliphatic heterocycles. The molecule has 6 heteroatoms. The van der Waals surface area contributed by atoms with Gasteiger partial charge in [-0.3, -0.25) is 9.47 Å². The van der Waals surface area contributed by atoms with Gasteiger partial charge in [0, 0.05) is 39.8 Å². The van der Waals surface area contributed by atoms with Crippen LogP contribution in [-0.2, 0) is 13.5 Å². The second-order valence-electron chi connectivity index (χ2n) is 8.00. The first-order chi connectivity index (χ1) is 14.0. The van der Waals surface area contributed by atoms with Crippen molar-refractivity contribution in [3.63, 3.8) is 0 Å². The fraction of sp³-hybridized carbons (Fsp3) is 0.435. The van der Waals surface area contributed by atoms with Gasteiger partial charge in [-0.05, 0) is 42.2 Å². The predicted molar refractivity (Wildman–Crippen MR) is 116 cm³/mol. The van der Waals surface area contributed by atoms with Crippen LogP contribution in [0.5, 0.6) is 5.75 Å². The standard InChI is InChI=1S/C23H29N3O3/c1-17(14-18-8-9-19-22(15-18)29-23(27)24(19)2)16-25-10-12-26(13-11-25)20-6-4-5-7-21(20)28-3/h4-9,15,17H,10-14,16H2,1-3H3. The highest BCUT2D eigenvalue weighted by molar-refractivity contribution is 5.73. The number of hydrogen-bond donors (Lipinski definition) is 0. The predicted octanol–water partition coefficient (Wildman–Crippen LogP) is 3.14. The van der Waals surface area contributed by atoms with Gasteiger partial charge in [0.25, 0.3) is 0 Å². The monoisotopic (exact) mass is 395 g/mol. The Morgan fingerprint density at radius 2 is 1.86 bits per heavy atom. The Morgan fingerprint density at radius 3 is 2.62 bits per heavy atom. The summed E-state index contributed by atoms with van der Waals surface area (Å²) in [5, 5.41) is 0. The van der Waals surface area contributed by atoms with Gasteiger partial charge in [-0.1, -0.05) is 25.1 Å². The summed E-state index contributed by atoms with van der Waals surface area (Å²) in [6.45, 7) is 7.47. The van der Waals surface area contributed by atoms with Crippen molar-refractivity contribution in [3.8, 4) is 5.75 Å². The quantitative estimate of drug-likeness (QED) is 0.642. The van der Waals surface area contributed by atoms with Gasteiger partial charge in [-0.15, -0.1) is 0 Å². The lowest BCUT2D eigenvalue weighted by Gasteiger charge is -2.37. The van der Waals surface area contributed by atoms with Crippen molar-refractivity contribution in [1.82, 2.24) is 9.47 Å². The van der Waals surface area contributed by atoms with Crippen molar-refractivity contribution in [1.29, 1.82) is 0 Å². The van der Waals surface area contributed by atoms with Crippen molar-refractivity contribution in [3.05, 3.63) is 58.6 Å². The van der Waals surface area contributed by atoms with Crippen LogP contribution in [0.25, 0.3) is 11.1 Å². The summed E-state index contributed by atoms with van der Waals surface area (Å²) in [7, 11) is 3.47. The molecule has 2 aromatic carbocycles. The maximum absolute atomic E-state index is 11.7. The molecule has 0 bridgehead atoms. The number of aromatic nitrogens is 1. The lowest BCUT2D eigenvalue weighted by atomic mass is 10.00. The molecule has 4 rings (SSSR count). The summed E-state index contributed by atoms with van der Waals surface area (Å²) < 4.78 is 12.4. The zero-order valence-corrected chi connectivity index (χ0v) is 17.4. The van der Waals surface area contributed by atoms with Crippen molar-refractivity contribution in [2.75, 3.05) is 44.7 Å². The summed E-state index contributed by atoms with van der Waals surface area (Å²) in [5.41, 5.74) is 3.92.